The van der Waals surface area contributed by atoms with Crippen LogP contribution in [0.1, 0.15) is 34.5 Å². The monoisotopic (exact) mass is 527 g/mol. The molecule has 8 heteroatoms. The molecule has 1 aromatic heterocycles. The van der Waals surface area contributed by atoms with E-state index in [1.807, 2.05) is 54.6 Å². The first kappa shape index (κ1) is 25.3. The van der Waals surface area contributed by atoms with Crippen molar-refractivity contribution in [1.29, 1.82) is 0 Å². The van der Waals surface area contributed by atoms with E-state index in [0.29, 0.717) is 33.7 Å². The molecular formula is C30H26ClN3O4. The van der Waals surface area contributed by atoms with Gasteiger partial charge in [0.1, 0.15) is 29.9 Å². The molecule has 5 rings (SSSR count). The van der Waals surface area contributed by atoms with Crippen LogP contribution in [0.4, 0.5) is 11.4 Å². The van der Waals surface area contributed by atoms with E-state index < -0.39 is 5.97 Å². The number of hydrogen-bond acceptors (Lipinski definition) is 6. The van der Waals surface area contributed by atoms with Gasteiger partial charge in [-0.25, -0.2) is 4.79 Å². The van der Waals surface area contributed by atoms with Gasteiger partial charge in [0.05, 0.1) is 17.6 Å². The number of nitrogens with zero attached hydrogens (tertiary/aromatic N) is 3. The van der Waals surface area contributed by atoms with Crippen molar-refractivity contribution in [2.24, 2.45) is 11.1 Å². The molecule has 7 nitrogen and oxygen atoms in total. The summed E-state index contributed by atoms with van der Waals surface area (Å²) in [5.74, 6) is 0.312. The molecule has 0 aliphatic heterocycles. The molecular weight excluding hydrogens is 502 g/mol. The van der Waals surface area contributed by atoms with Gasteiger partial charge >= 0.3 is 5.97 Å². The molecule has 0 spiro atoms. The molecule has 1 saturated carbocycles. The van der Waals surface area contributed by atoms with Crippen molar-refractivity contribution in [2.75, 3.05) is 18.6 Å². The van der Waals surface area contributed by atoms with Crippen molar-refractivity contribution in [2.45, 2.75) is 12.8 Å². The van der Waals surface area contributed by atoms with Crippen LogP contribution in [0.15, 0.2) is 96.3 Å². The van der Waals surface area contributed by atoms with Crippen LogP contribution >= 0.6 is 11.6 Å². The lowest BCUT2D eigenvalue weighted by molar-refractivity contribution is 0.0694. The number of hydrogen-bond donors (Lipinski definition) is 1. The first-order valence-corrected chi connectivity index (χ1v) is 12.6. The number of halogens is 1. The van der Waals surface area contributed by atoms with E-state index >= 15 is 0 Å². The Morgan fingerprint density at radius 3 is 2.39 bits per heavy atom. The summed E-state index contributed by atoms with van der Waals surface area (Å²) < 4.78 is 5.82. The van der Waals surface area contributed by atoms with Crippen molar-refractivity contribution >= 4 is 34.7 Å². The zero-order chi connectivity index (χ0) is 26.5. The molecule has 0 atom stereocenters. The molecule has 0 saturated heterocycles. The number of rotatable bonds is 10. The summed E-state index contributed by atoms with van der Waals surface area (Å²) in [4.78, 5) is 24.1. The van der Waals surface area contributed by atoms with Crippen LogP contribution in [0, 0.1) is 5.92 Å². The second kappa shape index (κ2) is 11.4. The summed E-state index contributed by atoms with van der Waals surface area (Å²) in [5.41, 5.74) is 3.49. The predicted octanol–water partition coefficient (Wildman–Crippen LogP) is 7.17. The Morgan fingerprint density at radius 1 is 1.03 bits per heavy atom. The molecule has 0 amide bonds. The molecule has 1 N–H and O–H groups in total. The Morgan fingerprint density at radius 2 is 1.76 bits per heavy atom. The molecule has 4 aromatic rings. The quantitative estimate of drug-likeness (QED) is 0.174. The van der Waals surface area contributed by atoms with Gasteiger partial charge in [-0.05, 0) is 85.5 Å². The van der Waals surface area contributed by atoms with Gasteiger partial charge in [0.2, 0.25) is 0 Å². The van der Waals surface area contributed by atoms with Crippen molar-refractivity contribution in [3.8, 4) is 11.5 Å². The molecule has 3 aromatic carbocycles. The van der Waals surface area contributed by atoms with E-state index in [1.165, 1.54) is 26.0 Å². The van der Waals surface area contributed by atoms with Crippen LogP contribution in [0.25, 0.3) is 0 Å². The SMILES string of the molecule is CO/N=C(\c1ccc(Oc2ccccc2)c(C(=O)O)c1)c1ccc(N(CC2CC2)c2ccc(Cl)cc2)cn1. The standard InChI is InChI=1S/C30H26ClN3O4/c1-37-33-29(21-9-16-28(26(17-21)30(35)36)38-25-5-3-2-4-6-25)27-15-14-24(18-32-27)34(19-20-7-8-20)23-12-10-22(31)11-13-23/h2-6,9-18,20H,7-8,19H2,1H3,(H,35,36)/b33-29+. The minimum atomic E-state index is -1.11. The summed E-state index contributed by atoms with van der Waals surface area (Å²) in [6.45, 7) is 0.895. The van der Waals surface area contributed by atoms with Gasteiger partial charge in [-0.1, -0.05) is 35.0 Å². The maximum atomic E-state index is 12.1. The zero-order valence-electron chi connectivity index (χ0n) is 20.8. The third kappa shape index (κ3) is 5.95. The van der Waals surface area contributed by atoms with Crippen molar-refractivity contribution in [3.63, 3.8) is 0 Å². The minimum Gasteiger partial charge on any atom is -0.478 e. The maximum absolute atomic E-state index is 12.1. The normalized spacial score (nSPS) is 13.2. The van der Waals surface area contributed by atoms with E-state index in [0.717, 1.165) is 17.9 Å². The fourth-order valence-corrected chi connectivity index (χ4v) is 4.24. The van der Waals surface area contributed by atoms with Crippen LogP contribution in [0.2, 0.25) is 5.02 Å². The number of oxime groups is 1. The number of anilines is 2. The smallest absolute Gasteiger partial charge is 0.339 e. The lowest BCUT2D eigenvalue weighted by Gasteiger charge is -2.25. The Bertz CT molecular complexity index is 1440. The summed E-state index contributed by atoms with van der Waals surface area (Å²) in [5, 5.41) is 14.7. The number of carboxylic acid groups (broad SMARTS) is 1. The van der Waals surface area contributed by atoms with E-state index in [1.54, 1.807) is 30.5 Å². The molecule has 0 unspecified atom stereocenters. The van der Waals surface area contributed by atoms with E-state index in [2.05, 4.69) is 15.0 Å². The van der Waals surface area contributed by atoms with Gasteiger partial charge < -0.3 is 19.6 Å². The van der Waals surface area contributed by atoms with Crippen LogP contribution in [0.5, 0.6) is 11.5 Å². The first-order valence-electron chi connectivity index (χ1n) is 12.2. The van der Waals surface area contributed by atoms with Gasteiger partial charge in [-0.2, -0.15) is 0 Å². The van der Waals surface area contributed by atoms with Crippen LogP contribution < -0.4 is 9.64 Å². The van der Waals surface area contributed by atoms with E-state index in [9.17, 15) is 9.90 Å². The number of carbonyl (C=O) groups is 1. The highest BCUT2D eigenvalue weighted by atomic mass is 35.5. The van der Waals surface area contributed by atoms with Crippen molar-refractivity contribution < 1.29 is 19.5 Å². The highest BCUT2D eigenvalue weighted by molar-refractivity contribution is 6.30. The number of benzene rings is 3. The molecule has 0 radical (unpaired) electrons. The Hall–Kier alpha value is -4.36. The first-order chi connectivity index (χ1) is 18.5. The number of aromatic nitrogens is 1. The van der Waals surface area contributed by atoms with Crippen molar-refractivity contribution in [1.82, 2.24) is 4.98 Å². The number of aromatic carboxylic acids is 1. The fraction of sp³-hybridized carbons (Fsp3) is 0.167. The molecule has 1 heterocycles. The Labute approximate surface area is 225 Å². The lowest BCUT2D eigenvalue weighted by atomic mass is 10.0. The predicted molar refractivity (Wildman–Crippen MR) is 148 cm³/mol. The summed E-state index contributed by atoms with van der Waals surface area (Å²) in [6, 6.07) is 25.5. The van der Waals surface area contributed by atoms with Gasteiger partial charge in [0.25, 0.3) is 0 Å². The van der Waals surface area contributed by atoms with Crippen LogP contribution in [-0.2, 0) is 4.84 Å². The second-order valence-corrected chi connectivity index (χ2v) is 9.42. The average molecular weight is 528 g/mol. The Kier molecular flexibility index (Phi) is 7.56. The van der Waals surface area contributed by atoms with Gasteiger partial charge in [-0.15, -0.1) is 0 Å². The lowest BCUT2D eigenvalue weighted by Crippen LogP contribution is -2.20. The number of para-hydroxylation sites is 1. The third-order valence-corrected chi connectivity index (χ3v) is 6.47. The van der Waals surface area contributed by atoms with Gasteiger partial charge in [0, 0.05) is 22.8 Å². The fourth-order valence-electron chi connectivity index (χ4n) is 4.11. The second-order valence-electron chi connectivity index (χ2n) is 8.99. The van der Waals surface area contributed by atoms with E-state index in [4.69, 9.17) is 21.2 Å². The summed E-state index contributed by atoms with van der Waals surface area (Å²) >= 11 is 6.10. The molecule has 1 aliphatic rings. The zero-order valence-corrected chi connectivity index (χ0v) is 21.5. The average Bonchev–Trinajstić information content (AvgIpc) is 3.76. The molecule has 192 valence electrons. The van der Waals surface area contributed by atoms with Gasteiger partial charge in [-0.3, -0.25) is 4.98 Å². The van der Waals surface area contributed by atoms with Crippen LogP contribution in [0.3, 0.4) is 0 Å². The largest absolute Gasteiger partial charge is 0.478 e. The number of pyridine rings is 1. The van der Waals surface area contributed by atoms with Crippen LogP contribution in [-0.4, -0.2) is 35.4 Å². The highest BCUT2D eigenvalue weighted by Gasteiger charge is 2.26. The van der Waals surface area contributed by atoms with Crippen molar-refractivity contribution in [3.05, 3.63) is 113 Å². The number of carboxylic acids is 1. The molecule has 1 fully saturated rings. The highest BCUT2D eigenvalue weighted by Crippen LogP contribution is 2.35. The Balaban J connectivity index is 1.45. The van der Waals surface area contributed by atoms with Gasteiger partial charge in [0.15, 0.2) is 0 Å². The van der Waals surface area contributed by atoms with E-state index in [-0.39, 0.29) is 11.3 Å². The number of ether oxygens (including phenoxy) is 1. The molecule has 38 heavy (non-hydrogen) atoms. The summed E-state index contributed by atoms with van der Waals surface area (Å²) in [7, 11) is 1.44. The maximum Gasteiger partial charge on any atom is 0.339 e. The third-order valence-electron chi connectivity index (χ3n) is 6.22. The summed E-state index contributed by atoms with van der Waals surface area (Å²) in [6.07, 6.45) is 4.23. The minimum absolute atomic E-state index is 0.00474. The topological polar surface area (TPSA) is 84.2 Å². The molecule has 1 aliphatic carbocycles. The molecule has 0 bridgehead atoms.